The fourth-order valence-electron chi connectivity index (χ4n) is 18.1. The topological polar surface area (TPSA) is 6.48 Å². The average molecular weight is 1760 g/mol. The van der Waals surface area contributed by atoms with Crippen LogP contribution in [0.3, 0.4) is 0 Å². The highest BCUT2D eigenvalue weighted by Crippen LogP contribution is 2.60. The number of fused-ring (bicyclic) bond motifs is 4. The quantitative estimate of drug-likeness (QED) is 0.133. The summed E-state index contributed by atoms with van der Waals surface area (Å²) in [6, 6.07) is 31.3. The number of nitrogens with zero attached hydrogens (tertiary/aromatic N) is 2. The van der Waals surface area contributed by atoms with E-state index in [4.69, 9.17) is 0 Å². The summed E-state index contributed by atoms with van der Waals surface area (Å²) in [5, 5.41) is 0. The molecule has 0 saturated heterocycles. The first kappa shape index (κ1) is 75.7. The van der Waals surface area contributed by atoms with Gasteiger partial charge in [-0.05, 0) is 274 Å². The van der Waals surface area contributed by atoms with Crippen molar-refractivity contribution in [3.63, 3.8) is 0 Å². The van der Waals surface area contributed by atoms with Crippen LogP contribution in [0.4, 0.5) is 34.1 Å². The van der Waals surface area contributed by atoms with Crippen molar-refractivity contribution < 1.29 is 24.7 Å². The molecular weight excluding hydrogens is 1580 g/mol. The maximum absolute atomic E-state index is 12.1. The van der Waals surface area contributed by atoms with Crippen LogP contribution in [0.2, 0.25) is 0 Å². The van der Waals surface area contributed by atoms with E-state index in [2.05, 4.69) is 238 Å². The van der Waals surface area contributed by atoms with E-state index < -0.39 is 107 Å². The van der Waals surface area contributed by atoms with Crippen LogP contribution in [0.15, 0.2) is 212 Å². The molecular formula is C128H161BN2. The molecule has 3 heteroatoms. The predicted octanol–water partition coefficient (Wildman–Crippen LogP) is 35.6. The van der Waals surface area contributed by atoms with E-state index in [0.29, 0.717) is 72.5 Å². The van der Waals surface area contributed by atoms with Crippen molar-refractivity contribution >= 4 is 57.2 Å². The molecule has 0 atom stereocenters. The van der Waals surface area contributed by atoms with Gasteiger partial charge in [0.15, 0.2) is 0 Å². The van der Waals surface area contributed by atoms with Gasteiger partial charge in [-0.3, -0.25) is 0 Å². The third-order valence-corrected chi connectivity index (χ3v) is 26.5. The predicted molar refractivity (Wildman–Crippen MR) is 580 cm³/mol. The lowest BCUT2D eigenvalue weighted by Gasteiger charge is -2.47. The third-order valence-electron chi connectivity index (χ3n) is 26.5. The first-order valence-corrected chi connectivity index (χ1v) is 47.8. The Bertz CT molecular complexity index is 6950. The summed E-state index contributed by atoms with van der Waals surface area (Å²) in [6.45, 7) is 84.7. The van der Waals surface area contributed by atoms with Crippen LogP contribution in [0, 0.1) is 0 Å². The zero-order valence-corrected chi connectivity index (χ0v) is 87.8. The highest BCUT2D eigenvalue weighted by Gasteiger charge is 2.48. The van der Waals surface area contributed by atoms with Crippen LogP contribution in [-0.2, 0) is 75.8 Å². The van der Waals surface area contributed by atoms with Crippen LogP contribution in [0.5, 0.6) is 0 Å². The summed E-state index contributed by atoms with van der Waals surface area (Å²) in [6.07, 6.45) is 0. The number of rotatable bonds is 9. The van der Waals surface area contributed by atoms with Crippen molar-refractivity contribution in [2.24, 2.45) is 0 Å². The van der Waals surface area contributed by atoms with Crippen molar-refractivity contribution in [2.75, 3.05) is 9.80 Å². The molecule has 14 rings (SSSR count). The molecule has 0 fully saturated rings. The van der Waals surface area contributed by atoms with E-state index in [1.165, 1.54) is 0 Å². The van der Waals surface area contributed by atoms with Gasteiger partial charge in [-0.1, -0.05) is 454 Å². The zero-order chi connectivity index (χ0) is 113. The third kappa shape index (κ3) is 19.2. The summed E-state index contributed by atoms with van der Waals surface area (Å²) in [4.78, 5) is 4.17. The van der Waals surface area contributed by atoms with Crippen LogP contribution >= 0.6 is 0 Å². The minimum atomic E-state index is -1.19. The lowest BCUT2D eigenvalue weighted by atomic mass is 9.33. The maximum atomic E-state index is 12.1. The van der Waals surface area contributed by atoms with E-state index >= 15 is 0 Å². The number of benzene rings is 12. The Hall–Kier alpha value is -9.70. The Labute approximate surface area is 821 Å². The molecule has 2 aliphatic heterocycles. The average Bonchev–Trinajstić information content (AvgIpc) is 0.645. The van der Waals surface area contributed by atoms with Crippen molar-refractivity contribution in [3.8, 4) is 77.9 Å². The van der Waals surface area contributed by atoms with Crippen molar-refractivity contribution in [3.05, 3.63) is 290 Å². The summed E-state index contributed by atoms with van der Waals surface area (Å²) in [7, 11) is 0. The van der Waals surface area contributed by atoms with Gasteiger partial charge in [-0.15, -0.1) is 0 Å². The summed E-state index contributed by atoms with van der Waals surface area (Å²) >= 11 is 0. The van der Waals surface area contributed by atoms with E-state index in [9.17, 15) is 24.7 Å². The van der Waals surface area contributed by atoms with E-state index in [-0.39, 0.29) is 163 Å². The number of anilines is 6. The van der Waals surface area contributed by atoms with Gasteiger partial charge in [-0.25, -0.2) is 0 Å². The summed E-state index contributed by atoms with van der Waals surface area (Å²) in [5.74, 6) is 0. The van der Waals surface area contributed by atoms with Crippen molar-refractivity contribution in [1.82, 2.24) is 0 Å². The molecule has 0 saturated carbocycles. The molecule has 0 aliphatic carbocycles. The summed E-state index contributed by atoms with van der Waals surface area (Å²) < 4.78 is 198. The Balaban J connectivity index is 1.46. The first-order chi connectivity index (χ1) is 67.3. The molecule has 0 amide bonds. The van der Waals surface area contributed by atoms with Crippen molar-refractivity contribution in [1.29, 1.82) is 0 Å². The molecule has 0 spiro atoms. The number of hydrogen-bond acceptors (Lipinski definition) is 2. The minimum Gasteiger partial charge on any atom is -0.310 e. The standard InChI is InChI=1S/C128H161BN2/c1-115(2,3)86-55-49-78(50-56-86)96-74-94(123(25,26)27)76-98(110-100(125(31,32)33)45-43-46-101(110)126(34,35)36)113(96)130-106-67-80(82-61-88(117(7,8)9)71-89(62-82)118(10,11)12)53-59-104(106)129-105-60-54-81(83-63-90(119(13,14)15)72-91(64-83)120(16,17)18)68-107(105)131(109-70-85(69-108(130)112(109)129)84-65-92(121(19,20)21)73-93(66-84)122(22,23)24)114-97(79-51-57-87(58-52-79)116(4,5)6)75-95(124(28,29)30)77-99(114)111-102(127(37,38)39)47-44-48-103(111)128(40,41)42/h43-77H,1-42H3/i43D,44D,45D,46D,47D,48D,49D,50D,51D,52D,55D,56D,57D,58D,74D,75D,76D,77D. The lowest BCUT2D eigenvalue weighted by molar-refractivity contribution is 0.568. The normalized spacial score (nSPS) is 16.1. The fourth-order valence-corrected chi connectivity index (χ4v) is 18.1. The smallest absolute Gasteiger partial charge is 0.252 e. The van der Waals surface area contributed by atoms with Gasteiger partial charge < -0.3 is 9.80 Å². The molecule has 2 nitrogen and oxygen atoms in total. The van der Waals surface area contributed by atoms with Gasteiger partial charge in [0.2, 0.25) is 0 Å². The highest BCUT2D eigenvalue weighted by molar-refractivity contribution is 7.00. The molecule has 686 valence electrons. The van der Waals surface area contributed by atoms with E-state index in [1.54, 1.807) is 0 Å². The number of hydrogen-bond donors (Lipinski definition) is 0. The van der Waals surface area contributed by atoms with Crippen LogP contribution in [-0.4, -0.2) is 6.71 Å². The van der Waals surface area contributed by atoms with Crippen molar-refractivity contribution in [2.45, 2.75) is 367 Å². The van der Waals surface area contributed by atoms with Gasteiger partial charge >= 0.3 is 0 Å². The molecule has 2 aliphatic rings. The van der Waals surface area contributed by atoms with Gasteiger partial charge in [0, 0.05) is 45.0 Å². The maximum Gasteiger partial charge on any atom is 0.252 e. The summed E-state index contributed by atoms with van der Waals surface area (Å²) in [5.41, 5.74) is 3.95. The Morgan fingerprint density at radius 3 is 0.656 bits per heavy atom. The van der Waals surface area contributed by atoms with Gasteiger partial charge in [-0.2, -0.15) is 0 Å². The molecule has 0 aromatic heterocycles. The first-order valence-electron chi connectivity index (χ1n) is 56.8. The largest absolute Gasteiger partial charge is 0.310 e. The van der Waals surface area contributed by atoms with Gasteiger partial charge in [0.25, 0.3) is 6.71 Å². The molecule has 0 bridgehead atoms. The Morgan fingerprint density at radius 2 is 0.420 bits per heavy atom. The van der Waals surface area contributed by atoms with Crippen LogP contribution < -0.4 is 26.2 Å². The second kappa shape index (κ2) is 32.6. The van der Waals surface area contributed by atoms with Crippen LogP contribution in [0.1, 0.15) is 393 Å². The second-order valence-corrected chi connectivity index (χ2v) is 52.4. The van der Waals surface area contributed by atoms with Gasteiger partial charge in [0.1, 0.15) is 0 Å². The second-order valence-electron chi connectivity index (χ2n) is 52.4. The Morgan fingerprint density at radius 1 is 0.198 bits per heavy atom. The zero-order valence-electron chi connectivity index (χ0n) is 106. The minimum absolute atomic E-state index is 0.0196. The molecule has 0 N–H and O–H groups in total. The molecule has 131 heavy (non-hydrogen) atoms. The van der Waals surface area contributed by atoms with E-state index in [0.717, 1.165) is 55.6 Å². The lowest BCUT2D eigenvalue weighted by Crippen LogP contribution is -2.61. The monoisotopic (exact) mass is 1760 g/mol. The fraction of sp³-hybridized carbons (Fsp3) is 0.438. The molecule has 0 radical (unpaired) electrons. The van der Waals surface area contributed by atoms with Gasteiger partial charge in [0.05, 0.1) is 36.0 Å². The van der Waals surface area contributed by atoms with E-state index in [1.807, 2.05) is 166 Å². The SMILES string of the molecule is [2H]c1c([2H])c(C(C)(C)C)c(-c2c([2H])c(C(C)(C)C)c([2H])c(-c3c([2H])c([2H])c(C(C)(C)C)c([2H])c3[2H])c2N2c3cc(-c4cc(C(C)(C)C)cc(C(C)(C)C)c4)ccc3B3c4ccc(-c5cc(C(C)(C)C)cc(C(C)(C)C)c5)cc4N(c4c(-c5c([2H])c([2H])c(C(C)(C)C)c([2H])c5[2H])c([2H])c(C(C)(C)C)c([2H])c4-c4c(C(C)(C)C)c([2H])c([2H])c([2H])c4C(C)(C)C)c4cc(-c5cc(C(C)(C)C)cc(C(C)(C)C)c5)cc2c43)c(C(C)(C)C)c1[2H]. The molecule has 0 unspecified atom stereocenters. The van der Waals surface area contributed by atoms with Crippen LogP contribution in [0.25, 0.3) is 77.9 Å². The Kier molecular flexibility index (Phi) is 18.8. The molecule has 2 heterocycles. The molecule has 12 aromatic carbocycles. The molecule has 12 aromatic rings. The highest BCUT2D eigenvalue weighted by atomic mass is 15.2.